The van der Waals surface area contributed by atoms with E-state index in [1.807, 2.05) is 0 Å². The van der Waals surface area contributed by atoms with Gasteiger partial charge < -0.3 is 23.5 Å². The largest absolute Gasteiger partial charge is 0.441 e. The molecule has 2 aromatic rings. The molecule has 1 aromatic heterocycles. The van der Waals surface area contributed by atoms with Gasteiger partial charge in [-0.1, -0.05) is 0 Å². The monoisotopic (exact) mass is 454 g/mol. The third-order valence-electron chi connectivity index (χ3n) is 5.71. The second-order valence-corrected chi connectivity index (χ2v) is 8.14. The molecule has 1 amide bonds. The van der Waals surface area contributed by atoms with Gasteiger partial charge in [0.15, 0.2) is 0 Å². The summed E-state index contributed by atoms with van der Waals surface area (Å²) in [4.78, 5) is 18.9. The number of aryl methyl sites for hydroxylation is 1. The van der Waals surface area contributed by atoms with E-state index in [0.717, 1.165) is 12.1 Å². The number of hydrogen-bond donors (Lipinski definition) is 0. The van der Waals surface area contributed by atoms with Crippen molar-refractivity contribution in [2.75, 3.05) is 39.5 Å². The Bertz CT molecular complexity index is 943. The summed E-state index contributed by atoms with van der Waals surface area (Å²) in [6.07, 6.45) is -3.90. The lowest BCUT2D eigenvalue weighted by molar-refractivity contribution is -0.267. The lowest BCUT2D eigenvalue weighted by atomic mass is 10.0. The average Bonchev–Trinajstić information content (AvgIpc) is 3.15. The van der Waals surface area contributed by atoms with Crippen molar-refractivity contribution in [3.05, 3.63) is 41.3 Å². The van der Waals surface area contributed by atoms with Crippen molar-refractivity contribution < 1.29 is 36.6 Å². The Morgan fingerprint density at radius 1 is 1.16 bits per heavy atom. The van der Waals surface area contributed by atoms with Crippen LogP contribution >= 0.6 is 0 Å². The Kier molecular flexibility index (Phi) is 6.28. The Balaban J connectivity index is 1.37. The number of ether oxygens (including phenoxy) is 3. The second kappa shape index (κ2) is 8.84. The predicted octanol–water partition coefficient (Wildman–Crippen LogP) is 3.45. The quantitative estimate of drug-likeness (QED) is 0.705. The molecular formula is C22H25F3N2O5. The number of nitrogens with zero attached hydrogens (tertiary/aromatic N) is 2. The molecule has 0 saturated carbocycles. The number of alkyl halides is 3. The number of hydrogen-bond acceptors (Lipinski definition) is 6. The van der Waals surface area contributed by atoms with Crippen LogP contribution < -0.4 is 0 Å². The van der Waals surface area contributed by atoms with Crippen molar-refractivity contribution in [1.29, 1.82) is 0 Å². The van der Waals surface area contributed by atoms with Crippen molar-refractivity contribution >= 4 is 5.91 Å². The van der Waals surface area contributed by atoms with E-state index in [-0.39, 0.29) is 17.7 Å². The van der Waals surface area contributed by atoms with Crippen LogP contribution in [-0.4, -0.2) is 61.1 Å². The predicted molar refractivity (Wildman–Crippen MR) is 107 cm³/mol. The molecule has 2 aliphatic rings. The van der Waals surface area contributed by atoms with Crippen LogP contribution in [0.15, 0.2) is 28.7 Å². The molecule has 3 heterocycles. The lowest BCUT2D eigenvalue weighted by Gasteiger charge is -2.40. The number of rotatable bonds is 4. The highest BCUT2D eigenvalue weighted by Crippen LogP contribution is 2.32. The summed E-state index contributed by atoms with van der Waals surface area (Å²) in [5, 5.41) is 0. The van der Waals surface area contributed by atoms with Gasteiger partial charge in [-0.25, -0.2) is 4.98 Å². The molecule has 2 aliphatic heterocycles. The van der Waals surface area contributed by atoms with Crippen LogP contribution in [0.1, 0.15) is 23.9 Å². The normalized spacial score (nSPS) is 24.5. The van der Waals surface area contributed by atoms with E-state index in [1.54, 1.807) is 18.7 Å². The molecule has 4 rings (SSSR count). The topological polar surface area (TPSA) is 74.0 Å². The van der Waals surface area contributed by atoms with Crippen LogP contribution in [0, 0.1) is 12.8 Å². The molecule has 0 spiro atoms. The first-order valence-corrected chi connectivity index (χ1v) is 10.4. The fourth-order valence-corrected chi connectivity index (χ4v) is 3.75. The molecule has 0 aliphatic carbocycles. The molecule has 174 valence electrons. The van der Waals surface area contributed by atoms with E-state index < -0.39 is 17.5 Å². The fraction of sp³-hybridized carbons (Fsp3) is 0.545. The molecule has 1 aromatic carbocycles. The Hall–Kier alpha value is -2.43. The van der Waals surface area contributed by atoms with E-state index in [4.69, 9.17) is 18.6 Å². The standard InChI is InChI=1S/C22H25F3N2O5/c1-14-18(26-19(32-14)16-3-5-17(6-4-16)22(23,24)25)11-15-12-30-21(2,31-13-15)20(28)27-7-9-29-10-8-27/h3-6,15H,7-13H2,1-2H3. The van der Waals surface area contributed by atoms with Gasteiger partial charge in [0.25, 0.3) is 5.91 Å². The Morgan fingerprint density at radius 3 is 2.38 bits per heavy atom. The number of amides is 1. The van der Waals surface area contributed by atoms with E-state index in [1.165, 1.54) is 12.1 Å². The molecule has 10 heteroatoms. The maximum atomic E-state index is 12.8. The third kappa shape index (κ3) is 4.82. The first kappa shape index (κ1) is 22.8. The van der Waals surface area contributed by atoms with E-state index in [0.29, 0.717) is 63.0 Å². The van der Waals surface area contributed by atoms with Crippen LogP contribution in [0.3, 0.4) is 0 Å². The van der Waals surface area contributed by atoms with Crippen LogP contribution in [0.5, 0.6) is 0 Å². The highest BCUT2D eigenvalue weighted by molar-refractivity contribution is 5.83. The van der Waals surface area contributed by atoms with Crippen molar-refractivity contribution in [1.82, 2.24) is 9.88 Å². The zero-order valence-electron chi connectivity index (χ0n) is 17.9. The smallest absolute Gasteiger partial charge is 0.416 e. The fourth-order valence-electron chi connectivity index (χ4n) is 3.75. The van der Waals surface area contributed by atoms with Crippen LogP contribution in [0.2, 0.25) is 0 Å². The minimum atomic E-state index is -4.39. The van der Waals surface area contributed by atoms with E-state index >= 15 is 0 Å². The molecule has 2 fully saturated rings. The summed E-state index contributed by atoms with van der Waals surface area (Å²) < 4.78 is 60.9. The molecular weight excluding hydrogens is 429 g/mol. The Labute approximate surface area is 183 Å². The molecule has 32 heavy (non-hydrogen) atoms. The maximum absolute atomic E-state index is 12.8. The third-order valence-corrected chi connectivity index (χ3v) is 5.71. The number of halogens is 3. The summed E-state index contributed by atoms with van der Waals surface area (Å²) >= 11 is 0. The molecule has 0 radical (unpaired) electrons. The zero-order valence-corrected chi connectivity index (χ0v) is 17.9. The van der Waals surface area contributed by atoms with Gasteiger partial charge in [-0.15, -0.1) is 0 Å². The Morgan fingerprint density at radius 2 is 1.78 bits per heavy atom. The molecule has 0 N–H and O–H groups in total. The number of oxazole rings is 1. The summed E-state index contributed by atoms with van der Waals surface area (Å²) in [5.74, 6) is -0.724. The number of carbonyl (C=O) groups excluding carboxylic acids is 1. The van der Waals surface area contributed by atoms with Gasteiger partial charge in [0.1, 0.15) is 5.76 Å². The van der Waals surface area contributed by atoms with Crippen molar-refractivity contribution in [2.45, 2.75) is 32.2 Å². The molecule has 0 unspecified atom stereocenters. The van der Waals surface area contributed by atoms with Crippen LogP contribution in [0.25, 0.3) is 11.5 Å². The minimum Gasteiger partial charge on any atom is -0.441 e. The highest BCUT2D eigenvalue weighted by atomic mass is 19.4. The SMILES string of the molecule is Cc1oc(-c2ccc(C(F)(F)F)cc2)nc1CC1COC(C)(C(=O)N2CCOCC2)OC1. The molecule has 0 atom stereocenters. The highest BCUT2D eigenvalue weighted by Gasteiger charge is 2.43. The van der Waals surface area contributed by atoms with Crippen molar-refractivity contribution in [2.24, 2.45) is 5.92 Å². The first-order valence-electron chi connectivity index (χ1n) is 10.4. The molecule has 0 bridgehead atoms. The first-order chi connectivity index (χ1) is 15.2. The van der Waals surface area contributed by atoms with Crippen molar-refractivity contribution in [3.63, 3.8) is 0 Å². The summed E-state index contributed by atoms with van der Waals surface area (Å²) in [7, 11) is 0. The molecule has 2 saturated heterocycles. The van der Waals surface area contributed by atoms with E-state index in [9.17, 15) is 18.0 Å². The lowest BCUT2D eigenvalue weighted by Crippen LogP contribution is -2.56. The molecule has 7 nitrogen and oxygen atoms in total. The van der Waals surface area contributed by atoms with Gasteiger partial charge in [-0.3, -0.25) is 4.79 Å². The zero-order chi connectivity index (χ0) is 22.9. The summed E-state index contributed by atoms with van der Waals surface area (Å²) in [5.41, 5.74) is 0.420. The number of carbonyl (C=O) groups is 1. The summed E-state index contributed by atoms with van der Waals surface area (Å²) in [6, 6.07) is 4.69. The van der Waals surface area contributed by atoms with Gasteiger partial charge in [0.05, 0.1) is 37.7 Å². The number of benzene rings is 1. The van der Waals surface area contributed by atoms with Gasteiger partial charge >= 0.3 is 6.18 Å². The van der Waals surface area contributed by atoms with Crippen LogP contribution in [0.4, 0.5) is 13.2 Å². The van der Waals surface area contributed by atoms with Gasteiger partial charge in [-0.2, -0.15) is 13.2 Å². The number of morpholine rings is 1. The second-order valence-electron chi connectivity index (χ2n) is 8.14. The van der Waals surface area contributed by atoms with Crippen molar-refractivity contribution in [3.8, 4) is 11.5 Å². The van der Waals surface area contributed by atoms with Gasteiger partial charge in [-0.05, 0) is 38.1 Å². The minimum absolute atomic E-state index is 0.0372. The maximum Gasteiger partial charge on any atom is 0.416 e. The van der Waals surface area contributed by atoms with Gasteiger partial charge in [0.2, 0.25) is 11.7 Å². The number of aromatic nitrogens is 1. The van der Waals surface area contributed by atoms with E-state index in [2.05, 4.69) is 4.98 Å². The average molecular weight is 454 g/mol. The summed E-state index contributed by atoms with van der Waals surface area (Å²) in [6.45, 7) is 6.03. The van der Waals surface area contributed by atoms with Crippen LogP contribution in [-0.2, 0) is 31.6 Å². The van der Waals surface area contributed by atoms with Gasteiger partial charge in [0, 0.05) is 31.0 Å².